The molecule has 1 heterocycles. The van der Waals surface area contributed by atoms with Crippen LogP contribution in [0.15, 0.2) is 12.4 Å². The van der Waals surface area contributed by atoms with Gasteiger partial charge in [0.2, 0.25) is 0 Å². The highest BCUT2D eigenvalue weighted by molar-refractivity contribution is 5.11. The minimum absolute atomic E-state index is 0.206. The highest BCUT2D eigenvalue weighted by Crippen LogP contribution is 2.50. The standard InChI is InChI=1S/C16H28N2O/c1-6-18-9-13(8-17-18)7-16(19)11-14(2,3)10-15(4,5)12-16/h8-9,19H,6-7,10-12H2,1-5H3. The molecule has 3 heteroatoms. The van der Waals surface area contributed by atoms with E-state index in [1.54, 1.807) is 0 Å². The quantitative estimate of drug-likeness (QED) is 0.908. The topological polar surface area (TPSA) is 38.0 Å². The van der Waals surface area contributed by atoms with Crippen molar-refractivity contribution in [2.24, 2.45) is 10.8 Å². The zero-order valence-corrected chi connectivity index (χ0v) is 13.0. The van der Waals surface area contributed by atoms with Crippen LogP contribution in [0.5, 0.6) is 0 Å². The van der Waals surface area contributed by atoms with Crippen LogP contribution >= 0.6 is 0 Å². The number of aliphatic hydroxyl groups is 1. The molecule has 0 amide bonds. The van der Waals surface area contributed by atoms with Crippen LogP contribution in [0, 0.1) is 10.8 Å². The molecule has 1 aromatic rings. The largest absolute Gasteiger partial charge is 0.390 e. The predicted octanol–water partition coefficient (Wildman–Crippen LogP) is 3.41. The lowest BCUT2D eigenvalue weighted by molar-refractivity contribution is -0.0851. The first-order chi connectivity index (χ1) is 8.63. The molecule has 1 aliphatic rings. The van der Waals surface area contributed by atoms with Gasteiger partial charge in [-0.25, -0.2) is 0 Å². The van der Waals surface area contributed by atoms with Gasteiger partial charge in [0.1, 0.15) is 0 Å². The van der Waals surface area contributed by atoms with E-state index in [4.69, 9.17) is 0 Å². The first-order valence-corrected chi connectivity index (χ1v) is 7.37. The van der Waals surface area contributed by atoms with Crippen molar-refractivity contribution in [1.82, 2.24) is 9.78 Å². The molecule has 0 aliphatic heterocycles. The molecule has 0 saturated heterocycles. The number of rotatable bonds is 3. The fourth-order valence-electron chi connectivity index (χ4n) is 4.44. The van der Waals surface area contributed by atoms with Gasteiger partial charge in [-0.15, -0.1) is 0 Å². The molecule has 0 atom stereocenters. The van der Waals surface area contributed by atoms with E-state index < -0.39 is 5.60 Å². The molecule has 0 unspecified atom stereocenters. The van der Waals surface area contributed by atoms with Crippen molar-refractivity contribution in [1.29, 1.82) is 0 Å². The van der Waals surface area contributed by atoms with E-state index in [2.05, 4.69) is 45.9 Å². The molecule has 1 fully saturated rings. The predicted molar refractivity (Wildman–Crippen MR) is 78.0 cm³/mol. The Morgan fingerprint density at radius 1 is 1.16 bits per heavy atom. The number of hydrogen-bond donors (Lipinski definition) is 1. The second kappa shape index (κ2) is 4.62. The fraction of sp³-hybridized carbons (Fsp3) is 0.812. The molecular weight excluding hydrogens is 236 g/mol. The van der Waals surface area contributed by atoms with Gasteiger partial charge >= 0.3 is 0 Å². The average Bonchev–Trinajstić information content (AvgIpc) is 2.58. The molecule has 108 valence electrons. The molecule has 2 rings (SSSR count). The zero-order valence-electron chi connectivity index (χ0n) is 13.0. The average molecular weight is 264 g/mol. The van der Waals surface area contributed by atoms with Crippen LogP contribution in [-0.4, -0.2) is 20.5 Å². The van der Waals surface area contributed by atoms with Crippen molar-refractivity contribution >= 4 is 0 Å². The van der Waals surface area contributed by atoms with E-state index in [1.165, 1.54) is 6.42 Å². The summed E-state index contributed by atoms with van der Waals surface area (Å²) in [6, 6.07) is 0. The third-order valence-electron chi connectivity index (χ3n) is 4.12. The Morgan fingerprint density at radius 3 is 2.21 bits per heavy atom. The summed E-state index contributed by atoms with van der Waals surface area (Å²) in [7, 11) is 0. The second-order valence-electron chi connectivity index (χ2n) is 7.96. The van der Waals surface area contributed by atoms with E-state index in [-0.39, 0.29) is 10.8 Å². The summed E-state index contributed by atoms with van der Waals surface area (Å²) in [5, 5.41) is 15.4. The van der Waals surface area contributed by atoms with E-state index in [9.17, 15) is 5.11 Å². The molecule has 3 nitrogen and oxygen atoms in total. The van der Waals surface area contributed by atoms with Crippen molar-refractivity contribution in [2.75, 3.05) is 0 Å². The Kier molecular flexibility index (Phi) is 3.54. The molecular formula is C16H28N2O. The maximum atomic E-state index is 11.0. The highest BCUT2D eigenvalue weighted by atomic mass is 16.3. The van der Waals surface area contributed by atoms with Crippen LogP contribution in [0.2, 0.25) is 0 Å². The molecule has 0 spiro atoms. The molecule has 1 saturated carbocycles. The summed E-state index contributed by atoms with van der Waals surface area (Å²) in [6.45, 7) is 12.1. The van der Waals surface area contributed by atoms with Gasteiger partial charge in [0, 0.05) is 19.2 Å². The molecule has 0 radical (unpaired) electrons. The van der Waals surface area contributed by atoms with Gasteiger partial charge in [-0.05, 0) is 42.6 Å². The number of aryl methyl sites for hydroxylation is 1. The van der Waals surface area contributed by atoms with Crippen molar-refractivity contribution in [3.63, 3.8) is 0 Å². The van der Waals surface area contributed by atoms with E-state index in [1.807, 2.05) is 10.9 Å². The Hall–Kier alpha value is -0.830. The van der Waals surface area contributed by atoms with Crippen molar-refractivity contribution in [2.45, 2.75) is 72.4 Å². The summed E-state index contributed by atoms with van der Waals surface area (Å²) >= 11 is 0. The number of aromatic nitrogens is 2. The number of nitrogens with zero attached hydrogens (tertiary/aromatic N) is 2. The Morgan fingerprint density at radius 2 is 1.74 bits per heavy atom. The van der Waals surface area contributed by atoms with E-state index >= 15 is 0 Å². The van der Waals surface area contributed by atoms with Gasteiger partial charge in [-0.2, -0.15) is 5.10 Å². The molecule has 1 aliphatic carbocycles. The maximum Gasteiger partial charge on any atom is 0.0699 e. The third kappa shape index (κ3) is 3.59. The number of hydrogen-bond acceptors (Lipinski definition) is 2. The van der Waals surface area contributed by atoms with Crippen LogP contribution in [-0.2, 0) is 13.0 Å². The summed E-state index contributed by atoms with van der Waals surface area (Å²) in [5.74, 6) is 0. The zero-order chi connectivity index (χ0) is 14.3. The Balaban J connectivity index is 2.17. The highest BCUT2D eigenvalue weighted by Gasteiger charge is 2.46. The van der Waals surface area contributed by atoms with E-state index in [0.717, 1.165) is 31.4 Å². The van der Waals surface area contributed by atoms with Crippen LogP contribution in [0.1, 0.15) is 59.4 Å². The maximum absolute atomic E-state index is 11.0. The van der Waals surface area contributed by atoms with Crippen LogP contribution in [0.4, 0.5) is 0 Å². The summed E-state index contributed by atoms with van der Waals surface area (Å²) in [6.07, 6.45) is 7.61. The molecule has 0 aromatic carbocycles. The molecule has 1 N–H and O–H groups in total. The van der Waals surface area contributed by atoms with Crippen molar-refractivity contribution < 1.29 is 5.11 Å². The fourth-order valence-corrected chi connectivity index (χ4v) is 4.44. The van der Waals surface area contributed by atoms with Gasteiger partial charge < -0.3 is 5.11 Å². The first kappa shape index (κ1) is 14.6. The summed E-state index contributed by atoms with van der Waals surface area (Å²) in [5.41, 5.74) is 0.972. The van der Waals surface area contributed by atoms with Crippen LogP contribution < -0.4 is 0 Å². The minimum atomic E-state index is -0.590. The lowest BCUT2D eigenvalue weighted by Gasteiger charge is -2.49. The van der Waals surface area contributed by atoms with E-state index in [0.29, 0.717) is 0 Å². The van der Waals surface area contributed by atoms with Crippen molar-refractivity contribution in [3.05, 3.63) is 18.0 Å². The minimum Gasteiger partial charge on any atom is -0.390 e. The molecule has 1 aromatic heterocycles. The smallest absolute Gasteiger partial charge is 0.0699 e. The second-order valence-corrected chi connectivity index (χ2v) is 7.96. The van der Waals surface area contributed by atoms with Gasteiger partial charge in [0.25, 0.3) is 0 Å². The third-order valence-corrected chi connectivity index (χ3v) is 4.12. The van der Waals surface area contributed by atoms with Gasteiger partial charge in [0.05, 0.1) is 11.8 Å². The van der Waals surface area contributed by atoms with Crippen LogP contribution in [0.25, 0.3) is 0 Å². The lowest BCUT2D eigenvalue weighted by atomic mass is 9.58. The first-order valence-electron chi connectivity index (χ1n) is 7.37. The molecule has 0 bridgehead atoms. The normalized spacial score (nSPS) is 24.3. The monoisotopic (exact) mass is 264 g/mol. The van der Waals surface area contributed by atoms with Gasteiger partial charge in [-0.1, -0.05) is 27.7 Å². The lowest BCUT2D eigenvalue weighted by Crippen LogP contribution is -2.47. The van der Waals surface area contributed by atoms with Gasteiger partial charge in [0.15, 0.2) is 0 Å². The van der Waals surface area contributed by atoms with Gasteiger partial charge in [-0.3, -0.25) is 4.68 Å². The van der Waals surface area contributed by atoms with Crippen molar-refractivity contribution in [3.8, 4) is 0 Å². The molecule has 19 heavy (non-hydrogen) atoms. The Bertz CT molecular complexity index is 429. The Labute approximate surface area is 117 Å². The summed E-state index contributed by atoms with van der Waals surface area (Å²) < 4.78 is 1.93. The van der Waals surface area contributed by atoms with Crippen LogP contribution in [0.3, 0.4) is 0 Å². The summed E-state index contributed by atoms with van der Waals surface area (Å²) in [4.78, 5) is 0. The SMILES string of the molecule is CCn1cc(CC2(O)CC(C)(C)CC(C)(C)C2)cn1.